The molecule has 4 rings (SSSR count). The van der Waals surface area contributed by atoms with Crippen molar-refractivity contribution in [3.05, 3.63) is 53.6 Å². The summed E-state index contributed by atoms with van der Waals surface area (Å²) in [6, 6.07) is 5.19. The first-order valence-corrected chi connectivity index (χ1v) is 11.4. The molecule has 2 saturated heterocycles. The second kappa shape index (κ2) is 9.89. The zero-order chi connectivity index (χ0) is 24.4. The van der Waals surface area contributed by atoms with E-state index in [1.54, 1.807) is 30.5 Å². The normalized spacial score (nSPS) is 23.0. The second-order valence-electron chi connectivity index (χ2n) is 9.20. The zero-order valence-electron chi connectivity index (χ0n) is 19.5. The van der Waals surface area contributed by atoms with Gasteiger partial charge in [0, 0.05) is 25.0 Å². The second-order valence-corrected chi connectivity index (χ2v) is 9.20. The Kier molecular flexibility index (Phi) is 6.92. The molecule has 8 nitrogen and oxygen atoms in total. The molecule has 0 bridgehead atoms. The molecule has 2 amide bonds. The first-order chi connectivity index (χ1) is 16.2. The lowest BCUT2D eigenvalue weighted by Crippen LogP contribution is -2.52. The van der Waals surface area contributed by atoms with Crippen LogP contribution in [0.4, 0.5) is 4.39 Å². The Morgan fingerprint density at radius 3 is 2.65 bits per heavy atom. The number of rotatable bonds is 7. The van der Waals surface area contributed by atoms with E-state index >= 15 is 0 Å². The number of aromatic nitrogens is 2. The number of hydrogen-bond donors (Lipinski definition) is 1. The number of aryl methyl sites for hydroxylation is 1. The predicted molar refractivity (Wildman–Crippen MR) is 124 cm³/mol. The van der Waals surface area contributed by atoms with E-state index in [2.05, 4.69) is 10.3 Å². The fraction of sp³-hybridized carbons (Fsp3) is 0.440. The van der Waals surface area contributed by atoms with Crippen molar-refractivity contribution in [1.82, 2.24) is 19.8 Å². The average Bonchev–Trinajstić information content (AvgIpc) is 3.49. The van der Waals surface area contributed by atoms with Crippen LogP contribution in [0.25, 0.3) is 12.2 Å². The molecule has 34 heavy (non-hydrogen) atoms. The molecular formula is C25H29FN4O4. The summed E-state index contributed by atoms with van der Waals surface area (Å²) in [5.74, 6) is -0.251. The molecule has 0 spiro atoms. The van der Waals surface area contributed by atoms with Crippen molar-refractivity contribution >= 4 is 29.7 Å². The van der Waals surface area contributed by atoms with Gasteiger partial charge in [-0.15, -0.1) is 0 Å². The highest BCUT2D eigenvalue weighted by molar-refractivity contribution is 5.99. The van der Waals surface area contributed by atoms with Crippen molar-refractivity contribution in [3.63, 3.8) is 0 Å². The Balaban J connectivity index is 1.45. The van der Waals surface area contributed by atoms with E-state index in [4.69, 9.17) is 4.74 Å². The molecule has 1 aromatic heterocycles. The van der Waals surface area contributed by atoms with Gasteiger partial charge in [-0.3, -0.25) is 14.4 Å². The number of hydrogen-bond acceptors (Lipinski definition) is 5. The molecule has 180 valence electrons. The summed E-state index contributed by atoms with van der Waals surface area (Å²) in [5, 5.41) is 2.80. The van der Waals surface area contributed by atoms with Gasteiger partial charge in [-0.1, -0.05) is 32.1 Å². The Morgan fingerprint density at radius 2 is 2.00 bits per heavy atom. The Hall–Kier alpha value is -3.33. The third kappa shape index (κ3) is 4.94. The number of ether oxygens (including phenoxy) is 1. The predicted octanol–water partition coefficient (Wildman–Crippen LogP) is 2.25. The zero-order valence-corrected chi connectivity index (χ0v) is 19.5. The highest BCUT2D eigenvalue weighted by Crippen LogP contribution is 2.30. The van der Waals surface area contributed by atoms with Crippen LogP contribution in [-0.2, 0) is 21.4 Å². The highest BCUT2D eigenvalue weighted by Gasteiger charge is 2.53. The summed E-state index contributed by atoms with van der Waals surface area (Å²) in [5.41, 5.74) is 1.30. The number of amides is 2. The largest absolute Gasteiger partial charge is 0.365 e. The van der Waals surface area contributed by atoms with Gasteiger partial charge in [0.05, 0.1) is 6.54 Å². The molecule has 2 aliphatic rings. The summed E-state index contributed by atoms with van der Waals surface area (Å²) in [6.07, 6.45) is 5.38. The number of alkyl halides is 1. The molecule has 1 aromatic carbocycles. The minimum Gasteiger partial charge on any atom is -0.365 e. The number of benzene rings is 1. The quantitative estimate of drug-likeness (QED) is 0.673. The van der Waals surface area contributed by atoms with Gasteiger partial charge < -0.3 is 19.5 Å². The van der Waals surface area contributed by atoms with Gasteiger partial charge in [0.2, 0.25) is 5.91 Å². The van der Waals surface area contributed by atoms with Crippen molar-refractivity contribution in [2.45, 2.75) is 44.6 Å². The van der Waals surface area contributed by atoms with E-state index in [0.717, 1.165) is 11.4 Å². The molecule has 2 aromatic rings. The van der Waals surface area contributed by atoms with Gasteiger partial charge in [-0.05, 0) is 36.1 Å². The number of fused-ring (bicyclic) bond motifs is 1. The Bertz CT molecular complexity index is 1090. The molecule has 2 aliphatic heterocycles. The van der Waals surface area contributed by atoms with Crippen LogP contribution in [0.3, 0.4) is 0 Å². The van der Waals surface area contributed by atoms with Crippen LogP contribution in [0.1, 0.15) is 42.0 Å². The van der Waals surface area contributed by atoms with Crippen molar-refractivity contribution in [2.75, 3.05) is 13.2 Å². The number of ketones is 1. The van der Waals surface area contributed by atoms with Crippen LogP contribution in [0.15, 0.2) is 36.7 Å². The van der Waals surface area contributed by atoms with Crippen LogP contribution in [0, 0.1) is 5.92 Å². The van der Waals surface area contributed by atoms with Crippen LogP contribution in [0.5, 0.6) is 0 Å². The van der Waals surface area contributed by atoms with Gasteiger partial charge in [0.25, 0.3) is 5.91 Å². The standard InChI is InChI=1S/C25H29FN4O4/c1-15(2)12-19(25(33)30-13-18(26)23-22(30)20(31)14-34-23)28-24(32)17-7-4-16(5-8-17)6-9-21-27-10-11-29(21)3/h4-11,15,18-19,22-23H,12-14H2,1-3H3,(H,28,32)/b9-6+/t18-,19-,22+,23+/m0/s1. The topological polar surface area (TPSA) is 93.5 Å². The van der Waals surface area contributed by atoms with Gasteiger partial charge >= 0.3 is 0 Å². The highest BCUT2D eigenvalue weighted by atomic mass is 19.1. The van der Waals surface area contributed by atoms with E-state index < -0.39 is 36.2 Å². The maximum Gasteiger partial charge on any atom is 0.251 e. The molecule has 2 fully saturated rings. The number of carbonyl (C=O) groups excluding carboxylic acids is 3. The molecule has 0 aliphatic carbocycles. The number of halogens is 1. The first-order valence-electron chi connectivity index (χ1n) is 11.4. The molecule has 4 atom stereocenters. The van der Waals surface area contributed by atoms with Crippen LogP contribution in [0.2, 0.25) is 0 Å². The third-order valence-electron chi connectivity index (χ3n) is 6.17. The molecule has 0 radical (unpaired) electrons. The van der Waals surface area contributed by atoms with Crippen molar-refractivity contribution in [1.29, 1.82) is 0 Å². The molecule has 9 heteroatoms. The van der Waals surface area contributed by atoms with E-state index in [0.29, 0.717) is 12.0 Å². The first kappa shape index (κ1) is 23.8. The number of imidazole rings is 1. The van der Waals surface area contributed by atoms with Gasteiger partial charge in [-0.2, -0.15) is 0 Å². The smallest absolute Gasteiger partial charge is 0.251 e. The molecule has 1 N–H and O–H groups in total. The maximum atomic E-state index is 14.4. The fourth-order valence-corrected chi connectivity index (χ4v) is 4.41. The minimum absolute atomic E-state index is 0.1000. The minimum atomic E-state index is -1.41. The van der Waals surface area contributed by atoms with Crippen LogP contribution >= 0.6 is 0 Å². The van der Waals surface area contributed by atoms with Crippen LogP contribution < -0.4 is 5.32 Å². The average molecular weight is 469 g/mol. The lowest BCUT2D eigenvalue weighted by molar-refractivity contribution is -0.138. The number of Topliss-reactive ketones (excluding diaryl/α,β-unsaturated/α-hetero) is 1. The molecule has 0 unspecified atom stereocenters. The van der Waals surface area contributed by atoms with Gasteiger partial charge in [0.1, 0.15) is 36.8 Å². The van der Waals surface area contributed by atoms with Crippen LogP contribution in [-0.4, -0.2) is 69.6 Å². The Morgan fingerprint density at radius 1 is 1.26 bits per heavy atom. The maximum absolute atomic E-state index is 14.4. The summed E-state index contributed by atoms with van der Waals surface area (Å²) < 4.78 is 21.5. The summed E-state index contributed by atoms with van der Waals surface area (Å²) in [7, 11) is 1.90. The monoisotopic (exact) mass is 468 g/mol. The summed E-state index contributed by atoms with van der Waals surface area (Å²) in [6.45, 7) is 3.47. The van der Waals surface area contributed by atoms with E-state index in [-0.39, 0.29) is 24.9 Å². The molecule has 0 saturated carbocycles. The van der Waals surface area contributed by atoms with E-state index in [9.17, 15) is 18.8 Å². The third-order valence-corrected chi connectivity index (χ3v) is 6.17. The van der Waals surface area contributed by atoms with E-state index in [1.807, 2.05) is 43.8 Å². The lowest BCUT2D eigenvalue weighted by atomic mass is 10.0. The summed E-state index contributed by atoms with van der Waals surface area (Å²) in [4.78, 5) is 43.9. The van der Waals surface area contributed by atoms with Crippen molar-refractivity contribution in [3.8, 4) is 0 Å². The SMILES string of the molecule is CC(C)C[C@H](NC(=O)c1ccc(/C=C/c2nccn2C)cc1)C(=O)N1C[C@H](F)[C@H]2OCC(=O)[C@H]21. The number of nitrogens with one attached hydrogen (secondary N) is 1. The lowest BCUT2D eigenvalue weighted by Gasteiger charge is -2.28. The van der Waals surface area contributed by atoms with E-state index in [1.165, 1.54) is 4.90 Å². The fourth-order valence-electron chi connectivity index (χ4n) is 4.41. The van der Waals surface area contributed by atoms with Gasteiger partial charge in [0.15, 0.2) is 5.78 Å². The Labute approximate surface area is 197 Å². The number of carbonyl (C=O) groups is 3. The molecular weight excluding hydrogens is 439 g/mol. The van der Waals surface area contributed by atoms with Crippen molar-refractivity contribution in [2.24, 2.45) is 13.0 Å². The summed E-state index contributed by atoms with van der Waals surface area (Å²) >= 11 is 0. The molecule has 3 heterocycles. The number of likely N-dealkylation sites (tertiary alicyclic amines) is 1. The van der Waals surface area contributed by atoms with Gasteiger partial charge in [-0.25, -0.2) is 9.37 Å². The van der Waals surface area contributed by atoms with Crippen molar-refractivity contribution < 1.29 is 23.5 Å². The number of nitrogens with zero attached hydrogens (tertiary/aromatic N) is 3.